The third-order valence-electron chi connectivity index (χ3n) is 4.24. The van der Waals surface area contributed by atoms with Crippen LogP contribution in [0.25, 0.3) is 0 Å². The molecule has 2 aromatic heterocycles. The summed E-state index contributed by atoms with van der Waals surface area (Å²) >= 11 is 3.65. The molecule has 0 saturated heterocycles. The third kappa shape index (κ3) is 4.36. The zero-order valence-electron chi connectivity index (χ0n) is 16.4. The maximum absolute atomic E-state index is 13.1. The lowest BCUT2D eigenvalue weighted by Gasteiger charge is -2.14. The van der Waals surface area contributed by atoms with Crippen molar-refractivity contribution in [3.8, 4) is 0 Å². The van der Waals surface area contributed by atoms with E-state index >= 15 is 0 Å². The van der Waals surface area contributed by atoms with Crippen molar-refractivity contribution in [1.29, 1.82) is 0 Å². The first-order valence-corrected chi connectivity index (χ1v) is 9.88. The van der Waals surface area contributed by atoms with Gasteiger partial charge < -0.3 is 14.8 Å². The number of nitrogens with one attached hydrogen (secondary N) is 1. The van der Waals surface area contributed by atoms with Crippen LogP contribution < -0.4 is 5.32 Å². The van der Waals surface area contributed by atoms with Gasteiger partial charge in [0.05, 0.1) is 29.9 Å². The maximum Gasteiger partial charge on any atom is 0.436 e. The molecular formula is C17H17BrF3N3O5S. The molecule has 2 aromatic rings. The van der Waals surface area contributed by atoms with Crippen LogP contribution in [-0.2, 0) is 20.4 Å². The lowest BCUT2D eigenvalue weighted by molar-refractivity contribution is -0.142. The van der Waals surface area contributed by atoms with Gasteiger partial charge in [-0.05, 0) is 42.3 Å². The van der Waals surface area contributed by atoms with Gasteiger partial charge in [-0.15, -0.1) is 11.3 Å². The Morgan fingerprint density at radius 1 is 1.17 bits per heavy atom. The van der Waals surface area contributed by atoms with Crippen LogP contribution in [-0.4, -0.2) is 41.8 Å². The fraction of sp³-hybridized carbons (Fsp3) is 0.412. The molecule has 0 aliphatic heterocycles. The number of aromatic nitrogens is 2. The zero-order valence-corrected chi connectivity index (χ0v) is 18.8. The van der Waals surface area contributed by atoms with Gasteiger partial charge in [-0.1, -0.05) is 0 Å². The number of rotatable bonds is 5. The number of carbonyl (C=O) groups is 3. The van der Waals surface area contributed by atoms with Gasteiger partial charge in [0.1, 0.15) is 15.9 Å². The second kappa shape index (κ2) is 8.76. The van der Waals surface area contributed by atoms with Crippen LogP contribution in [0.1, 0.15) is 49.9 Å². The van der Waals surface area contributed by atoms with E-state index < -0.39 is 35.8 Å². The van der Waals surface area contributed by atoms with Crippen molar-refractivity contribution >= 4 is 50.1 Å². The highest BCUT2D eigenvalue weighted by Crippen LogP contribution is 2.37. The number of amides is 1. The fourth-order valence-electron chi connectivity index (χ4n) is 2.62. The third-order valence-corrected chi connectivity index (χ3v) is 6.37. The van der Waals surface area contributed by atoms with E-state index in [-0.39, 0.29) is 31.2 Å². The lowest BCUT2D eigenvalue weighted by Crippen LogP contribution is -2.26. The Kier molecular flexibility index (Phi) is 6.97. The summed E-state index contributed by atoms with van der Waals surface area (Å²) in [6, 6.07) is -1.16. The molecule has 0 aromatic carbocycles. The van der Waals surface area contributed by atoms with Gasteiger partial charge in [0, 0.05) is 0 Å². The number of anilines is 1. The summed E-state index contributed by atoms with van der Waals surface area (Å²) in [6.45, 7) is 4.21. The monoisotopic (exact) mass is 511 g/mol. The highest BCUT2D eigenvalue weighted by atomic mass is 79.9. The zero-order chi connectivity index (χ0) is 23.0. The minimum Gasteiger partial charge on any atom is -0.465 e. The van der Waals surface area contributed by atoms with Crippen LogP contribution in [0.5, 0.6) is 0 Å². The number of ether oxygens (including phenoxy) is 2. The number of carbonyl (C=O) groups excluding carboxylic acids is 3. The molecule has 164 valence electrons. The van der Waals surface area contributed by atoms with Crippen molar-refractivity contribution in [1.82, 2.24) is 9.78 Å². The normalized spacial score (nSPS) is 12.4. The second-order valence-corrected chi connectivity index (χ2v) is 7.91. The molecule has 0 aliphatic rings. The lowest BCUT2D eigenvalue weighted by atomic mass is 10.1. The molecule has 1 N–H and O–H groups in total. The molecule has 30 heavy (non-hydrogen) atoms. The molecule has 1 amide bonds. The van der Waals surface area contributed by atoms with Gasteiger partial charge in [-0.25, -0.2) is 9.59 Å². The van der Waals surface area contributed by atoms with Gasteiger partial charge >= 0.3 is 18.1 Å². The van der Waals surface area contributed by atoms with E-state index in [0.717, 1.165) is 30.2 Å². The van der Waals surface area contributed by atoms with E-state index in [2.05, 4.69) is 31.1 Å². The first kappa shape index (κ1) is 23.9. The van der Waals surface area contributed by atoms with Crippen molar-refractivity contribution in [3.63, 3.8) is 0 Å². The Bertz CT molecular complexity index is 1020. The predicted molar refractivity (Wildman–Crippen MR) is 105 cm³/mol. The van der Waals surface area contributed by atoms with E-state index in [4.69, 9.17) is 4.74 Å². The molecule has 2 rings (SSSR count). The summed E-state index contributed by atoms with van der Waals surface area (Å²) in [5.41, 5.74) is -0.859. The summed E-state index contributed by atoms with van der Waals surface area (Å²) in [7, 11) is 2.30. The quantitative estimate of drug-likeness (QED) is 0.606. The van der Waals surface area contributed by atoms with Gasteiger partial charge in [-0.2, -0.15) is 18.3 Å². The number of esters is 2. The molecule has 0 bridgehead atoms. The molecule has 8 nitrogen and oxygen atoms in total. The van der Waals surface area contributed by atoms with Crippen molar-refractivity contribution in [2.24, 2.45) is 0 Å². The molecule has 2 heterocycles. The predicted octanol–water partition coefficient (Wildman–Crippen LogP) is 4.12. The fourth-order valence-corrected chi connectivity index (χ4v) is 4.22. The minimum absolute atomic E-state index is 0.0107. The largest absolute Gasteiger partial charge is 0.465 e. The van der Waals surface area contributed by atoms with Gasteiger partial charge in [0.15, 0.2) is 5.69 Å². The average molecular weight is 512 g/mol. The number of alkyl halides is 3. The van der Waals surface area contributed by atoms with E-state index in [0.29, 0.717) is 0 Å². The van der Waals surface area contributed by atoms with Crippen molar-refractivity contribution in [2.75, 3.05) is 19.5 Å². The molecular weight excluding hydrogens is 495 g/mol. The average Bonchev–Trinajstić information content (AvgIpc) is 3.16. The number of thiophene rings is 1. The smallest absolute Gasteiger partial charge is 0.436 e. The number of nitrogens with zero attached hydrogens (tertiary/aromatic N) is 2. The molecule has 1 unspecified atom stereocenters. The van der Waals surface area contributed by atoms with Gasteiger partial charge in [0.25, 0.3) is 0 Å². The number of hydrogen-bond donors (Lipinski definition) is 1. The first-order valence-electron chi connectivity index (χ1n) is 8.27. The topological polar surface area (TPSA) is 99.5 Å². The van der Waals surface area contributed by atoms with E-state index in [1.165, 1.54) is 20.8 Å². The van der Waals surface area contributed by atoms with Crippen molar-refractivity contribution < 1.29 is 37.0 Å². The van der Waals surface area contributed by atoms with E-state index in [9.17, 15) is 27.6 Å². The highest BCUT2D eigenvalue weighted by molar-refractivity contribution is 9.10. The Balaban J connectivity index is 2.43. The molecule has 0 spiro atoms. The SMILES string of the molecule is COC(=O)c1sc(NC(=O)C(C)n2nc(C(F)(F)F)c(Br)c2C)c(C(=O)OC)c1C. The van der Waals surface area contributed by atoms with Crippen molar-refractivity contribution in [2.45, 2.75) is 33.0 Å². The van der Waals surface area contributed by atoms with Crippen LogP contribution in [0.4, 0.5) is 18.2 Å². The van der Waals surface area contributed by atoms with Gasteiger partial charge in [0.2, 0.25) is 5.91 Å². The van der Waals surface area contributed by atoms with Crippen LogP contribution >= 0.6 is 27.3 Å². The van der Waals surface area contributed by atoms with Crippen LogP contribution in [0.3, 0.4) is 0 Å². The van der Waals surface area contributed by atoms with E-state index in [1.54, 1.807) is 0 Å². The summed E-state index contributed by atoms with van der Waals surface area (Å²) in [4.78, 5) is 36.9. The number of methoxy groups -OCH3 is 2. The van der Waals surface area contributed by atoms with Crippen molar-refractivity contribution in [3.05, 3.63) is 31.9 Å². The summed E-state index contributed by atoms with van der Waals surface area (Å²) < 4.78 is 49.3. The van der Waals surface area contributed by atoms with Crippen LogP contribution in [0.2, 0.25) is 0 Å². The summed E-state index contributed by atoms with van der Waals surface area (Å²) in [5, 5.41) is 5.99. The first-order chi connectivity index (χ1) is 13.8. The molecule has 0 fully saturated rings. The van der Waals surface area contributed by atoms with Gasteiger partial charge in [-0.3, -0.25) is 9.48 Å². The Morgan fingerprint density at radius 3 is 2.20 bits per heavy atom. The Morgan fingerprint density at radius 2 is 1.73 bits per heavy atom. The molecule has 1 atom stereocenters. The van der Waals surface area contributed by atoms with Crippen LogP contribution in [0, 0.1) is 13.8 Å². The molecule has 13 heteroatoms. The number of halogens is 4. The molecule has 0 aliphatic carbocycles. The molecule has 0 radical (unpaired) electrons. The Labute approximate surface area is 181 Å². The Hall–Kier alpha value is -2.41. The summed E-state index contributed by atoms with van der Waals surface area (Å²) in [5.74, 6) is -2.25. The standard InChI is InChI=1S/C17H17BrF3N3O5S/c1-6-9(15(26)28-4)14(30-11(6)16(27)29-5)22-13(25)8(3)24-7(2)10(18)12(23-24)17(19,20)21/h8H,1-5H3,(H,22,25). The summed E-state index contributed by atoms with van der Waals surface area (Å²) in [6.07, 6.45) is -4.70. The second-order valence-electron chi connectivity index (χ2n) is 6.10. The van der Waals surface area contributed by atoms with E-state index in [1.807, 2.05) is 0 Å². The number of hydrogen-bond acceptors (Lipinski definition) is 7. The molecule has 0 saturated carbocycles. The maximum atomic E-state index is 13.1. The minimum atomic E-state index is -4.70. The highest BCUT2D eigenvalue weighted by Gasteiger charge is 2.39. The van der Waals surface area contributed by atoms with Crippen LogP contribution in [0.15, 0.2) is 4.47 Å².